The van der Waals surface area contributed by atoms with Gasteiger partial charge in [0.25, 0.3) is 5.22 Å². The molecule has 2 aromatic carbocycles. The van der Waals surface area contributed by atoms with Crippen LogP contribution in [0.25, 0.3) is 11.3 Å². The number of nitrogens with zero attached hydrogens (tertiary/aromatic N) is 1. The summed E-state index contributed by atoms with van der Waals surface area (Å²) < 4.78 is 31.9. The fourth-order valence-electron chi connectivity index (χ4n) is 1.98. The average molecular weight is 381 g/mol. The normalized spacial score (nSPS) is 10.7. The van der Waals surface area contributed by atoms with Crippen LogP contribution in [0.2, 0.25) is 5.02 Å². The lowest BCUT2D eigenvalue weighted by atomic mass is 10.2. The predicted octanol–water partition coefficient (Wildman–Crippen LogP) is 5.00. The Kier molecular flexibility index (Phi) is 5.35. The molecule has 0 radical (unpaired) electrons. The lowest BCUT2D eigenvalue weighted by Gasteiger charge is -2.05. The Morgan fingerprint density at radius 3 is 2.68 bits per heavy atom. The van der Waals surface area contributed by atoms with Crippen molar-refractivity contribution in [1.82, 2.24) is 4.98 Å². The fourth-order valence-corrected chi connectivity index (χ4v) is 2.71. The van der Waals surface area contributed by atoms with Crippen LogP contribution in [0.5, 0.6) is 0 Å². The first-order valence-corrected chi connectivity index (χ1v) is 8.47. The first-order valence-electron chi connectivity index (χ1n) is 7.11. The monoisotopic (exact) mass is 380 g/mol. The summed E-state index contributed by atoms with van der Waals surface area (Å²) in [6.07, 6.45) is 1.54. The quantitative estimate of drug-likeness (QED) is 0.632. The topological polar surface area (TPSA) is 55.1 Å². The molecule has 1 heterocycles. The first-order chi connectivity index (χ1) is 12.0. The van der Waals surface area contributed by atoms with Gasteiger partial charge in [-0.25, -0.2) is 13.8 Å². The number of rotatable bonds is 5. The minimum absolute atomic E-state index is 0.0304. The molecule has 3 rings (SSSR count). The maximum Gasteiger partial charge on any atom is 0.256 e. The van der Waals surface area contributed by atoms with E-state index in [9.17, 15) is 13.6 Å². The molecule has 128 valence electrons. The minimum atomic E-state index is -0.834. The number of thioether (sulfide) groups is 1. The predicted molar refractivity (Wildman–Crippen MR) is 92.7 cm³/mol. The summed E-state index contributed by atoms with van der Waals surface area (Å²) in [6.45, 7) is 0. The number of carbonyl (C=O) groups is 1. The first kappa shape index (κ1) is 17.4. The van der Waals surface area contributed by atoms with Crippen molar-refractivity contribution >= 4 is 35.0 Å². The molecule has 0 saturated heterocycles. The highest BCUT2D eigenvalue weighted by atomic mass is 35.5. The second-order valence-corrected chi connectivity index (χ2v) is 6.32. The number of oxazole rings is 1. The van der Waals surface area contributed by atoms with Crippen LogP contribution in [0.3, 0.4) is 0 Å². The van der Waals surface area contributed by atoms with E-state index < -0.39 is 17.5 Å². The molecule has 3 aromatic rings. The molecule has 1 amide bonds. The number of nitrogens with one attached hydrogen (secondary N) is 1. The Bertz CT molecular complexity index is 900. The van der Waals surface area contributed by atoms with Crippen molar-refractivity contribution in [2.45, 2.75) is 5.22 Å². The summed E-state index contributed by atoms with van der Waals surface area (Å²) in [5.41, 5.74) is 0.725. The molecule has 8 heteroatoms. The molecule has 0 aliphatic carbocycles. The van der Waals surface area contributed by atoms with Crippen molar-refractivity contribution in [3.63, 3.8) is 0 Å². The molecule has 1 N–H and O–H groups in total. The molecule has 0 saturated carbocycles. The number of halogens is 3. The van der Waals surface area contributed by atoms with E-state index in [-0.39, 0.29) is 11.4 Å². The van der Waals surface area contributed by atoms with Crippen LogP contribution in [0.15, 0.2) is 58.3 Å². The molecular formula is C17H11ClF2N2O2S. The summed E-state index contributed by atoms with van der Waals surface area (Å²) in [5, 5.41) is 3.29. The molecule has 0 unspecified atom stereocenters. The molecular weight excluding hydrogens is 370 g/mol. The van der Waals surface area contributed by atoms with Crippen molar-refractivity contribution in [3.8, 4) is 11.3 Å². The van der Waals surface area contributed by atoms with Crippen LogP contribution in [0.4, 0.5) is 14.5 Å². The lowest BCUT2D eigenvalue weighted by molar-refractivity contribution is -0.113. The highest BCUT2D eigenvalue weighted by molar-refractivity contribution is 7.99. The maximum absolute atomic E-state index is 13.5. The number of hydrogen-bond acceptors (Lipinski definition) is 4. The second kappa shape index (κ2) is 7.67. The highest BCUT2D eigenvalue weighted by Crippen LogP contribution is 2.26. The van der Waals surface area contributed by atoms with Gasteiger partial charge in [-0.1, -0.05) is 23.4 Å². The van der Waals surface area contributed by atoms with Gasteiger partial charge in [-0.2, -0.15) is 0 Å². The van der Waals surface area contributed by atoms with Crippen LogP contribution in [-0.2, 0) is 4.79 Å². The highest BCUT2D eigenvalue weighted by Gasteiger charge is 2.12. The molecule has 0 atom stereocenters. The largest absolute Gasteiger partial charge is 0.431 e. The van der Waals surface area contributed by atoms with E-state index in [0.717, 1.165) is 29.5 Å². The van der Waals surface area contributed by atoms with E-state index in [2.05, 4.69) is 10.3 Å². The van der Waals surface area contributed by atoms with E-state index in [1.165, 1.54) is 0 Å². The molecule has 0 aliphatic heterocycles. The Morgan fingerprint density at radius 1 is 1.20 bits per heavy atom. The van der Waals surface area contributed by atoms with E-state index >= 15 is 0 Å². The Morgan fingerprint density at radius 2 is 1.96 bits per heavy atom. The van der Waals surface area contributed by atoms with Crippen LogP contribution < -0.4 is 5.32 Å². The lowest BCUT2D eigenvalue weighted by Crippen LogP contribution is -2.15. The molecule has 4 nitrogen and oxygen atoms in total. The van der Waals surface area contributed by atoms with Gasteiger partial charge in [0.1, 0.15) is 11.6 Å². The number of benzene rings is 2. The Hall–Kier alpha value is -2.38. The van der Waals surface area contributed by atoms with Gasteiger partial charge >= 0.3 is 0 Å². The molecule has 0 spiro atoms. The van der Waals surface area contributed by atoms with Gasteiger partial charge in [-0.15, -0.1) is 0 Å². The van der Waals surface area contributed by atoms with Crippen LogP contribution in [-0.4, -0.2) is 16.6 Å². The molecule has 25 heavy (non-hydrogen) atoms. The zero-order valence-electron chi connectivity index (χ0n) is 12.6. The number of aromatic nitrogens is 1. The van der Waals surface area contributed by atoms with Crippen molar-refractivity contribution in [1.29, 1.82) is 0 Å². The molecule has 0 bridgehead atoms. The molecule has 0 fully saturated rings. The SMILES string of the molecule is O=C(CSc1ncc(-c2ccc(Cl)cc2)o1)Nc1ccc(F)cc1F. The smallest absolute Gasteiger partial charge is 0.256 e. The fraction of sp³-hybridized carbons (Fsp3) is 0.0588. The van der Waals surface area contributed by atoms with Gasteiger partial charge in [-0.05, 0) is 36.4 Å². The van der Waals surface area contributed by atoms with Gasteiger partial charge < -0.3 is 9.73 Å². The van der Waals surface area contributed by atoms with E-state index in [4.69, 9.17) is 16.0 Å². The third kappa shape index (κ3) is 4.58. The van der Waals surface area contributed by atoms with Crippen molar-refractivity contribution in [2.24, 2.45) is 0 Å². The zero-order valence-corrected chi connectivity index (χ0v) is 14.2. The summed E-state index contributed by atoms with van der Waals surface area (Å²) in [7, 11) is 0. The van der Waals surface area contributed by atoms with Gasteiger partial charge in [0, 0.05) is 16.7 Å². The molecule has 0 aliphatic rings. The van der Waals surface area contributed by atoms with Gasteiger partial charge in [0.15, 0.2) is 5.76 Å². The Balaban J connectivity index is 1.58. The maximum atomic E-state index is 13.5. The van der Waals surface area contributed by atoms with Gasteiger partial charge in [0.05, 0.1) is 17.6 Å². The third-order valence-corrected chi connectivity index (χ3v) is 4.24. The summed E-state index contributed by atoms with van der Waals surface area (Å²) in [6, 6.07) is 9.99. The summed E-state index contributed by atoms with van der Waals surface area (Å²) in [4.78, 5) is 15.9. The average Bonchev–Trinajstić information content (AvgIpc) is 3.05. The number of hydrogen-bond donors (Lipinski definition) is 1. The summed E-state index contributed by atoms with van der Waals surface area (Å²) >= 11 is 6.90. The second-order valence-electron chi connectivity index (χ2n) is 4.96. The van der Waals surface area contributed by atoms with E-state index in [1.54, 1.807) is 30.5 Å². The Labute approximate surface area is 151 Å². The van der Waals surface area contributed by atoms with E-state index in [1.807, 2.05) is 0 Å². The minimum Gasteiger partial charge on any atom is -0.431 e. The number of anilines is 1. The van der Waals surface area contributed by atoms with Crippen molar-refractivity contribution in [2.75, 3.05) is 11.1 Å². The molecule has 1 aromatic heterocycles. The number of amides is 1. The van der Waals surface area contributed by atoms with Gasteiger partial charge in [-0.3, -0.25) is 4.79 Å². The van der Waals surface area contributed by atoms with Crippen molar-refractivity contribution < 1.29 is 18.0 Å². The standard InChI is InChI=1S/C17H11ClF2N2O2S/c18-11-3-1-10(2-4-11)15-8-21-17(24-15)25-9-16(23)22-14-6-5-12(19)7-13(14)20/h1-8H,9H2,(H,22,23). The van der Waals surface area contributed by atoms with E-state index in [0.29, 0.717) is 22.1 Å². The van der Waals surface area contributed by atoms with Gasteiger partial charge in [0.2, 0.25) is 5.91 Å². The summed E-state index contributed by atoms with van der Waals surface area (Å²) in [5.74, 6) is -1.48. The van der Waals surface area contributed by atoms with Crippen molar-refractivity contribution in [3.05, 3.63) is 65.3 Å². The number of carbonyl (C=O) groups excluding carboxylic acids is 1. The zero-order chi connectivity index (χ0) is 17.8. The van der Waals surface area contributed by atoms with Crippen LogP contribution in [0.1, 0.15) is 0 Å². The third-order valence-electron chi connectivity index (χ3n) is 3.15. The van der Waals surface area contributed by atoms with Crippen LogP contribution in [0, 0.1) is 11.6 Å². The van der Waals surface area contributed by atoms with Crippen LogP contribution >= 0.6 is 23.4 Å².